The van der Waals surface area contributed by atoms with Crippen LogP contribution in [0.1, 0.15) is 39.5 Å². The maximum atomic E-state index is 11.9. The lowest BCUT2D eigenvalue weighted by Gasteiger charge is -2.25. The molecule has 1 aliphatic carbocycles. The van der Waals surface area contributed by atoms with E-state index in [1.54, 1.807) is 0 Å². The van der Waals surface area contributed by atoms with Gasteiger partial charge in [-0.3, -0.25) is 4.79 Å². The molecule has 1 saturated carbocycles. The molecule has 1 aliphatic rings. The standard InChI is InChI=1S/C12H24N2O/c1-9(2)11(13)12(15)14(3)8-10-6-4-5-7-10/h9-11H,4-8,13H2,1-3H3. The van der Waals surface area contributed by atoms with Gasteiger partial charge in [-0.25, -0.2) is 0 Å². The van der Waals surface area contributed by atoms with E-state index in [1.807, 2.05) is 25.8 Å². The van der Waals surface area contributed by atoms with Gasteiger partial charge >= 0.3 is 0 Å². The number of rotatable bonds is 4. The van der Waals surface area contributed by atoms with E-state index in [0.717, 1.165) is 6.54 Å². The summed E-state index contributed by atoms with van der Waals surface area (Å²) >= 11 is 0. The minimum Gasteiger partial charge on any atom is -0.344 e. The van der Waals surface area contributed by atoms with Gasteiger partial charge in [-0.1, -0.05) is 26.7 Å². The molecule has 1 atom stereocenters. The number of carbonyl (C=O) groups excluding carboxylic acids is 1. The van der Waals surface area contributed by atoms with E-state index in [4.69, 9.17) is 5.73 Å². The first-order valence-electron chi connectivity index (χ1n) is 6.03. The van der Waals surface area contributed by atoms with Crippen molar-refractivity contribution in [2.24, 2.45) is 17.6 Å². The summed E-state index contributed by atoms with van der Waals surface area (Å²) in [6, 6.07) is -0.337. The molecule has 0 bridgehead atoms. The van der Waals surface area contributed by atoms with Crippen molar-refractivity contribution in [3.05, 3.63) is 0 Å². The van der Waals surface area contributed by atoms with Crippen LogP contribution in [0, 0.1) is 11.8 Å². The van der Waals surface area contributed by atoms with Crippen molar-refractivity contribution < 1.29 is 4.79 Å². The van der Waals surface area contributed by atoms with E-state index in [9.17, 15) is 4.79 Å². The molecule has 1 fully saturated rings. The largest absolute Gasteiger partial charge is 0.344 e. The van der Waals surface area contributed by atoms with Crippen LogP contribution in [-0.4, -0.2) is 30.4 Å². The number of hydrogen-bond acceptors (Lipinski definition) is 2. The molecular weight excluding hydrogens is 188 g/mol. The Bertz CT molecular complexity index is 210. The van der Waals surface area contributed by atoms with E-state index in [-0.39, 0.29) is 17.9 Å². The lowest BCUT2D eigenvalue weighted by atomic mass is 10.0. The van der Waals surface area contributed by atoms with Gasteiger partial charge in [0.05, 0.1) is 6.04 Å². The summed E-state index contributed by atoms with van der Waals surface area (Å²) in [6.45, 7) is 4.87. The fourth-order valence-electron chi connectivity index (χ4n) is 2.21. The quantitative estimate of drug-likeness (QED) is 0.769. The number of likely N-dealkylation sites (N-methyl/N-ethyl adjacent to an activating group) is 1. The Labute approximate surface area is 93.0 Å². The van der Waals surface area contributed by atoms with Crippen molar-refractivity contribution in [1.82, 2.24) is 4.90 Å². The van der Waals surface area contributed by atoms with Crippen molar-refractivity contribution >= 4 is 5.91 Å². The topological polar surface area (TPSA) is 46.3 Å². The summed E-state index contributed by atoms with van der Waals surface area (Å²) in [6.07, 6.45) is 5.19. The summed E-state index contributed by atoms with van der Waals surface area (Å²) in [5.74, 6) is 1.03. The lowest BCUT2D eigenvalue weighted by molar-refractivity contribution is -0.132. The Kier molecular flexibility index (Phi) is 4.58. The number of nitrogens with two attached hydrogens (primary N) is 1. The van der Waals surface area contributed by atoms with E-state index >= 15 is 0 Å². The summed E-state index contributed by atoms with van der Waals surface area (Å²) < 4.78 is 0. The number of nitrogens with zero attached hydrogens (tertiary/aromatic N) is 1. The van der Waals surface area contributed by atoms with Gasteiger partial charge in [0, 0.05) is 13.6 Å². The fraction of sp³-hybridized carbons (Fsp3) is 0.917. The lowest BCUT2D eigenvalue weighted by Crippen LogP contribution is -2.46. The third-order valence-electron chi connectivity index (χ3n) is 3.39. The molecule has 0 heterocycles. The normalized spacial score (nSPS) is 19.5. The average molecular weight is 212 g/mol. The summed E-state index contributed by atoms with van der Waals surface area (Å²) in [5, 5.41) is 0. The second-order valence-corrected chi connectivity index (χ2v) is 5.14. The van der Waals surface area contributed by atoms with Gasteiger partial charge in [-0.05, 0) is 24.7 Å². The third kappa shape index (κ3) is 3.49. The van der Waals surface area contributed by atoms with Crippen LogP contribution >= 0.6 is 0 Å². The van der Waals surface area contributed by atoms with Crippen molar-refractivity contribution in [2.45, 2.75) is 45.6 Å². The van der Waals surface area contributed by atoms with Crippen LogP contribution in [0.5, 0.6) is 0 Å². The smallest absolute Gasteiger partial charge is 0.239 e. The maximum Gasteiger partial charge on any atom is 0.239 e. The zero-order chi connectivity index (χ0) is 11.4. The molecule has 3 nitrogen and oxygen atoms in total. The predicted molar refractivity (Wildman–Crippen MR) is 62.4 cm³/mol. The monoisotopic (exact) mass is 212 g/mol. The molecule has 0 aromatic carbocycles. The highest BCUT2D eigenvalue weighted by Crippen LogP contribution is 2.25. The van der Waals surface area contributed by atoms with Gasteiger partial charge < -0.3 is 10.6 Å². The van der Waals surface area contributed by atoms with Crippen LogP contribution in [0.25, 0.3) is 0 Å². The fourth-order valence-corrected chi connectivity index (χ4v) is 2.21. The van der Waals surface area contributed by atoms with Crippen LogP contribution in [0.3, 0.4) is 0 Å². The summed E-state index contributed by atoms with van der Waals surface area (Å²) in [5.41, 5.74) is 5.84. The van der Waals surface area contributed by atoms with E-state index in [2.05, 4.69) is 0 Å². The molecule has 0 spiro atoms. The van der Waals surface area contributed by atoms with Gasteiger partial charge in [0.2, 0.25) is 5.91 Å². The van der Waals surface area contributed by atoms with Crippen molar-refractivity contribution in [2.75, 3.05) is 13.6 Å². The molecule has 1 rings (SSSR count). The van der Waals surface area contributed by atoms with E-state index < -0.39 is 0 Å². The molecule has 2 N–H and O–H groups in total. The molecule has 0 aliphatic heterocycles. The molecule has 0 aromatic rings. The third-order valence-corrected chi connectivity index (χ3v) is 3.39. The molecule has 88 valence electrons. The van der Waals surface area contributed by atoms with Crippen LogP contribution in [0.15, 0.2) is 0 Å². The Morgan fingerprint density at radius 3 is 2.40 bits per heavy atom. The molecule has 0 saturated heterocycles. The van der Waals surface area contributed by atoms with Crippen LogP contribution in [0.4, 0.5) is 0 Å². The average Bonchev–Trinajstić information content (AvgIpc) is 2.67. The Morgan fingerprint density at radius 1 is 1.40 bits per heavy atom. The van der Waals surface area contributed by atoms with Gasteiger partial charge in [0.25, 0.3) is 0 Å². The highest BCUT2D eigenvalue weighted by Gasteiger charge is 2.24. The highest BCUT2D eigenvalue weighted by molar-refractivity contribution is 5.81. The molecule has 3 heteroatoms. The number of carbonyl (C=O) groups is 1. The second kappa shape index (κ2) is 5.50. The predicted octanol–water partition coefficient (Wildman–Crippen LogP) is 1.62. The first-order chi connectivity index (χ1) is 7.02. The maximum absolute atomic E-state index is 11.9. The van der Waals surface area contributed by atoms with Crippen molar-refractivity contribution in [3.8, 4) is 0 Å². The van der Waals surface area contributed by atoms with E-state index in [0.29, 0.717) is 5.92 Å². The summed E-state index contributed by atoms with van der Waals surface area (Å²) in [4.78, 5) is 13.7. The van der Waals surface area contributed by atoms with Crippen LogP contribution in [-0.2, 0) is 4.79 Å². The SMILES string of the molecule is CC(C)C(N)C(=O)N(C)CC1CCCC1. The Hall–Kier alpha value is -0.570. The Morgan fingerprint density at radius 2 is 1.93 bits per heavy atom. The van der Waals surface area contributed by atoms with Crippen molar-refractivity contribution in [3.63, 3.8) is 0 Å². The van der Waals surface area contributed by atoms with Gasteiger partial charge in [-0.15, -0.1) is 0 Å². The number of amides is 1. The molecule has 15 heavy (non-hydrogen) atoms. The van der Waals surface area contributed by atoms with Crippen LogP contribution in [0.2, 0.25) is 0 Å². The summed E-state index contributed by atoms with van der Waals surface area (Å²) in [7, 11) is 1.88. The first-order valence-corrected chi connectivity index (χ1v) is 6.03. The molecular formula is C12H24N2O. The minimum atomic E-state index is -0.337. The Balaban J connectivity index is 2.38. The second-order valence-electron chi connectivity index (χ2n) is 5.14. The first kappa shape index (κ1) is 12.5. The zero-order valence-electron chi connectivity index (χ0n) is 10.2. The number of hydrogen-bond donors (Lipinski definition) is 1. The van der Waals surface area contributed by atoms with Crippen LogP contribution < -0.4 is 5.73 Å². The minimum absolute atomic E-state index is 0.0944. The van der Waals surface area contributed by atoms with Gasteiger partial charge in [0.1, 0.15) is 0 Å². The molecule has 1 unspecified atom stereocenters. The van der Waals surface area contributed by atoms with E-state index in [1.165, 1.54) is 25.7 Å². The molecule has 0 aromatic heterocycles. The zero-order valence-corrected chi connectivity index (χ0v) is 10.2. The molecule has 1 amide bonds. The van der Waals surface area contributed by atoms with Gasteiger partial charge in [0.15, 0.2) is 0 Å². The van der Waals surface area contributed by atoms with Gasteiger partial charge in [-0.2, -0.15) is 0 Å². The highest BCUT2D eigenvalue weighted by atomic mass is 16.2. The van der Waals surface area contributed by atoms with Crippen molar-refractivity contribution in [1.29, 1.82) is 0 Å². The molecule has 0 radical (unpaired) electrons.